The number of hydrogen-bond acceptors (Lipinski definition) is 1. The predicted molar refractivity (Wildman–Crippen MR) is 49.2 cm³/mol. The quantitative estimate of drug-likeness (QED) is 0.549. The van der Waals surface area contributed by atoms with Crippen LogP contribution in [0.15, 0.2) is 24.3 Å². The topological polar surface area (TPSA) is 3.24 Å². The van der Waals surface area contributed by atoms with Gasteiger partial charge in [-0.25, -0.2) is 0 Å². The van der Waals surface area contributed by atoms with E-state index in [1.54, 1.807) is 0 Å². The van der Waals surface area contributed by atoms with Crippen LogP contribution in [0.2, 0.25) is 0 Å². The molecule has 0 saturated carbocycles. The summed E-state index contributed by atoms with van der Waals surface area (Å²) in [7, 11) is 9.81. The molecule has 1 aromatic carbocycles. The van der Waals surface area contributed by atoms with Crippen LogP contribution < -0.4 is 5.46 Å². The zero-order valence-electron chi connectivity index (χ0n) is 7.04. The van der Waals surface area contributed by atoms with Crippen LogP contribution in [-0.4, -0.2) is 26.8 Å². The Kier molecular flexibility index (Phi) is 2.72. The fourth-order valence-corrected chi connectivity index (χ4v) is 1.02. The van der Waals surface area contributed by atoms with Crippen molar-refractivity contribution in [1.29, 1.82) is 0 Å². The maximum absolute atomic E-state index is 5.74. The average Bonchev–Trinajstić information content (AvgIpc) is 1.93. The number of rotatable bonds is 2. The fraction of sp³-hybridized carbons (Fsp3) is 0.333. The lowest BCUT2D eigenvalue weighted by Gasteiger charge is -2.11. The first-order valence-electron chi connectivity index (χ1n) is 3.68. The molecule has 0 saturated heterocycles. The first kappa shape index (κ1) is 8.34. The second-order valence-electron chi connectivity index (χ2n) is 2.94. The molecular weight excluding hydrogens is 133 g/mol. The van der Waals surface area contributed by atoms with E-state index in [4.69, 9.17) is 7.85 Å². The van der Waals surface area contributed by atoms with E-state index in [2.05, 4.69) is 11.0 Å². The highest BCUT2D eigenvalue weighted by Crippen LogP contribution is 1.96. The average molecular weight is 145 g/mol. The van der Waals surface area contributed by atoms with E-state index in [9.17, 15) is 0 Å². The minimum absolute atomic E-state index is 0.876. The monoisotopic (exact) mass is 145 g/mol. The van der Waals surface area contributed by atoms with Crippen LogP contribution in [0.3, 0.4) is 0 Å². The van der Waals surface area contributed by atoms with Crippen LogP contribution in [0.5, 0.6) is 0 Å². The Bertz CT molecular complexity index is 233. The summed E-state index contributed by atoms with van der Waals surface area (Å²) in [5.74, 6) is 0. The molecule has 56 valence electrons. The Morgan fingerprint density at radius 2 is 1.91 bits per heavy atom. The molecule has 0 N–H and O–H groups in total. The first-order chi connectivity index (χ1) is 5.20. The van der Waals surface area contributed by atoms with Crippen molar-refractivity contribution in [1.82, 2.24) is 4.90 Å². The van der Waals surface area contributed by atoms with Crippen molar-refractivity contribution < 1.29 is 0 Å². The lowest BCUT2D eigenvalue weighted by Crippen LogP contribution is -2.18. The molecule has 0 amide bonds. The molecule has 0 atom stereocenters. The molecule has 11 heavy (non-hydrogen) atoms. The molecule has 0 aliphatic rings. The van der Waals surface area contributed by atoms with Crippen LogP contribution in [0.1, 0.15) is 5.56 Å². The summed E-state index contributed by atoms with van der Waals surface area (Å²) in [6.07, 6.45) is 0. The normalized spacial score (nSPS) is 10.5. The van der Waals surface area contributed by atoms with Gasteiger partial charge in [0.1, 0.15) is 7.85 Å². The van der Waals surface area contributed by atoms with Crippen LogP contribution >= 0.6 is 0 Å². The highest BCUT2D eigenvalue weighted by Gasteiger charge is 1.96. The summed E-state index contributed by atoms with van der Waals surface area (Å²) in [6.45, 7) is 0.909. The van der Waals surface area contributed by atoms with E-state index in [0.29, 0.717) is 0 Å². The minimum Gasteiger partial charge on any atom is -0.305 e. The van der Waals surface area contributed by atoms with E-state index in [1.807, 2.05) is 32.3 Å². The zero-order chi connectivity index (χ0) is 8.27. The van der Waals surface area contributed by atoms with Crippen molar-refractivity contribution in [3.8, 4) is 0 Å². The Morgan fingerprint density at radius 3 is 2.45 bits per heavy atom. The molecule has 0 aliphatic heterocycles. The summed E-state index contributed by atoms with van der Waals surface area (Å²) in [4.78, 5) is 2.10. The lowest BCUT2D eigenvalue weighted by molar-refractivity contribution is 0.403. The SMILES string of the molecule is [B]c1ccccc1CN(C)C. The van der Waals surface area contributed by atoms with Crippen molar-refractivity contribution in [3.05, 3.63) is 29.8 Å². The highest BCUT2D eigenvalue weighted by molar-refractivity contribution is 6.33. The van der Waals surface area contributed by atoms with Gasteiger partial charge in [-0.3, -0.25) is 0 Å². The maximum Gasteiger partial charge on any atom is 0.114 e. The van der Waals surface area contributed by atoms with Gasteiger partial charge in [0.25, 0.3) is 0 Å². The second kappa shape index (κ2) is 3.58. The molecule has 2 heteroatoms. The smallest absolute Gasteiger partial charge is 0.114 e. The van der Waals surface area contributed by atoms with Gasteiger partial charge in [-0.05, 0) is 19.7 Å². The molecule has 0 fully saturated rings. The summed E-state index contributed by atoms with van der Waals surface area (Å²) in [5.41, 5.74) is 2.07. The number of hydrogen-bond donors (Lipinski definition) is 0. The predicted octanol–water partition coefficient (Wildman–Crippen LogP) is 0.542. The Labute approximate surface area is 69.4 Å². The molecule has 0 unspecified atom stereocenters. The third-order valence-corrected chi connectivity index (χ3v) is 1.54. The molecule has 2 radical (unpaired) electrons. The molecule has 0 aromatic heterocycles. The van der Waals surface area contributed by atoms with Crippen LogP contribution in [0.25, 0.3) is 0 Å². The van der Waals surface area contributed by atoms with Gasteiger partial charge in [-0.2, -0.15) is 0 Å². The van der Waals surface area contributed by atoms with Crippen molar-refractivity contribution in [3.63, 3.8) is 0 Å². The molecule has 1 rings (SSSR count). The Balaban J connectivity index is 2.78. The van der Waals surface area contributed by atoms with Gasteiger partial charge in [0, 0.05) is 6.54 Å². The number of benzene rings is 1. The maximum atomic E-state index is 5.74. The standard InChI is InChI=1S/C9H12BN/c1-11(2)7-8-5-3-4-6-9(8)10/h3-6H,7H2,1-2H3. The largest absolute Gasteiger partial charge is 0.305 e. The molecule has 0 heterocycles. The van der Waals surface area contributed by atoms with Crippen LogP contribution in [0.4, 0.5) is 0 Å². The lowest BCUT2D eigenvalue weighted by atomic mass is 9.90. The van der Waals surface area contributed by atoms with Gasteiger partial charge in [0.15, 0.2) is 0 Å². The van der Waals surface area contributed by atoms with Crippen molar-refractivity contribution in [2.75, 3.05) is 14.1 Å². The third-order valence-electron chi connectivity index (χ3n) is 1.54. The molecule has 1 aromatic rings. The van der Waals surface area contributed by atoms with Crippen molar-refractivity contribution in [2.45, 2.75) is 6.54 Å². The zero-order valence-corrected chi connectivity index (χ0v) is 7.04. The second-order valence-corrected chi connectivity index (χ2v) is 2.94. The molecule has 1 nitrogen and oxygen atoms in total. The van der Waals surface area contributed by atoms with E-state index in [1.165, 1.54) is 5.56 Å². The molecule has 0 spiro atoms. The van der Waals surface area contributed by atoms with E-state index in [-0.39, 0.29) is 0 Å². The van der Waals surface area contributed by atoms with Crippen LogP contribution in [0, 0.1) is 0 Å². The van der Waals surface area contributed by atoms with Gasteiger partial charge in [0.2, 0.25) is 0 Å². The van der Waals surface area contributed by atoms with E-state index < -0.39 is 0 Å². The van der Waals surface area contributed by atoms with E-state index >= 15 is 0 Å². The highest BCUT2D eigenvalue weighted by atomic mass is 15.0. The van der Waals surface area contributed by atoms with Crippen molar-refractivity contribution >= 4 is 13.3 Å². The van der Waals surface area contributed by atoms with Gasteiger partial charge < -0.3 is 4.90 Å². The van der Waals surface area contributed by atoms with Gasteiger partial charge in [-0.1, -0.05) is 29.7 Å². The van der Waals surface area contributed by atoms with Crippen LogP contribution in [-0.2, 0) is 6.54 Å². The van der Waals surface area contributed by atoms with Gasteiger partial charge in [-0.15, -0.1) is 0 Å². The number of nitrogens with zero attached hydrogens (tertiary/aromatic N) is 1. The minimum atomic E-state index is 0.876. The van der Waals surface area contributed by atoms with Gasteiger partial charge >= 0.3 is 0 Å². The summed E-state index contributed by atoms with van der Waals surface area (Å²) < 4.78 is 0. The summed E-state index contributed by atoms with van der Waals surface area (Å²) in [5, 5.41) is 0. The molecule has 0 aliphatic carbocycles. The Hall–Kier alpha value is -0.755. The fourth-order valence-electron chi connectivity index (χ4n) is 1.02. The summed E-state index contributed by atoms with van der Waals surface area (Å²) >= 11 is 0. The first-order valence-corrected chi connectivity index (χ1v) is 3.68. The van der Waals surface area contributed by atoms with Gasteiger partial charge in [0.05, 0.1) is 0 Å². The molecule has 0 bridgehead atoms. The molecular formula is C9H12BN. The van der Waals surface area contributed by atoms with E-state index in [0.717, 1.165) is 12.0 Å². The Morgan fingerprint density at radius 1 is 1.27 bits per heavy atom. The van der Waals surface area contributed by atoms with Crippen molar-refractivity contribution in [2.24, 2.45) is 0 Å². The third kappa shape index (κ3) is 2.39. The summed E-state index contributed by atoms with van der Waals surface area (Å²) in [6, 6.07) is 7.94.